The second-order valence-electron chi connectivity index (χ2n) is 4.75. The molecule has 0 aromatic heterocycles. The highest BCUT2D eigenvalue weighted by molar-refractivity contribution is 5.74. The zero-order valence-electron chi connectivity index (χ0n) is 10.8. The fourth-order valence-electron chi connectivity index (χ4n) is 2.02. The van der Waals surface area contributed by atoms with Gasteiger partial charge in [0.2, 0.25) is 0 Å². The van der Waals surface area contributed by atoms with E-state index in [2.05, 4.69) is 12.2 Å². The van der Waals surface area contributed by atoms with Crippen LogP contribution in [0.4, 0.5) is 4.79 Å². The Labute approximate surface area is 108 Å². The molecule has 0 spiro atoms. The van der Waals surface area contributed by atoms with E-state index in [-0.39, 0.29) is 12.8 Å². The van der Waals surface area contributed by atoms with E-state index >= 15 is 0 Å². The van der Waals surface area contributed by atoms with E-state index in [4.69, 9.17) is 4.74 Å². The first kappa shape index (κ1) is 12.7. The third-order valence-electron chi connectivity index (χ3n) is 3.28. The van der Waals surface area contributed by atoms with Gasteiger partial charge in [0.05, 0.1) is 0 Å². The van der Waals surface area contributed by atoms with E-state index in [1.54, 1.807) is 0 Å². The molecule has 4 nitrogen and oxygen atoms in total. The Morgan fingerprint density at radius 1 is 1.33 bits per heavy atom. The molecular formula is C14H20N2O2. The molecule has 1 aliphatic rings. The monoisotopic (exact) mass is 248 g/mol. The highest BCUT2D eigenvalue weighted by atomic mass is 16.5. The maximum absolute atomic E-state index is 11.8. The number of carbonyl (C=O) groups excluding carboxylic acids is 1. The highest BCUT2D eigenvalue weighted by Crippen LogP contribution is 2.15. The summed E-state index contributed by atoms with van der Waals surface area (Å²) in [4.78, 5) is 13.7. The van der Waals surface area contributed by atoms with E-state index in [9.17, 15) is 4.79 Å². The molecule has 0 unspecified atom stereocenters. The third-order valence-corrected chi connectivity index (χ3v) is 3.28. The molecule has 98 valence electrons. The van der Waals surface area contributed by atoms with E-state index in [1.807, 2.05) is 35.2 Å². The topological polar surface area (TPSA) is 41.6 Å². The van der Waals surface area contributed by atoms with Crippen molar-refractivity contribution >= 4 is 6.03 Å². The molecule has 2 amide bonds. The van der Waals surface area contributed by atoms with Crippen molar-refractivity contribution in [2.24, 2.45) is 5.92 Å². The van der Waals surface area contributed by atoms with E-state index in [0.29, 0.717) is 0 Å². The molecule has 1 fully saturated rings. The second kappa shape index (κ2) is 6.28. The summed E-state index contributed by atoms with van der Waals surface area (Å²) in [6, 6.07) is 9.45. The van der Waals surface area contributed by atoms with Crippen LogP contribution in [0.25, 0.3) is 0 Å². The first-order chi connectivity index (χ1) is 8.75. The van der Waals surface area contributed by atoms with Crippen molar-refractivity contribution in [3.8, 4) is 5.75 Å². The maximum atomic E-state index is 11.8. The van der Waals surface area contributed by atoms with Gasteiger partial charge in [-0.25, -0.2) is 4.79 Å². The largest absolute Gasteiger partial charge is 0.473 e. The van der Waals surface area contributed by atoms with Crippen molar-refractivity contribution < 1.29 is 9.53 Å². The number of nitrogens with zero attached hydrogens (tertiary/aromatic N) is 1. The molecule has 0 aliphatic carbocycles. The molecular weight excluding hydrogens is 228 g/mol. The van der Waals surface area contributed by atoms with Crippen LogP contribution in [0.15, 0.2) is 30.3 Å². The number of hydrogen-bond acceptors (Lipinski definition) is 2. The normalized spacial score (nSPS) is 16.4. The molecule has 0 radical (unpaired) electrons. The molecule has 0 bridgehead atoms. The molecule has 4 heteroatoms. The second-order valence-corrected chi connectivity index (χ2v) is 4.75. The van der Waals surface area contributed by atoms with Crippen LogP contribution in [0.2, 0.25) is 0 Å². The lowest BCUT2D eigenvalue weighted by Crippen LogP contribution is -2.45. The van der Waals surface area contributed by atoms with Crippen molar-refractivity contribution in [3.63, 3.8) is 0 Å². The summed E-state index contributed by atoms with van der Waals surface area (Å²) in [6.07, 6.45) is 2.18. The van der Waals surface area contributed by atoms with E-state index in [0.717, 1.165) is 37.6 Å². The van der Waals surface area contributed by atoms with Crippen molar-refractivity contribution in [2.75, 3.05) is 19.8 Å². The van der Waals surface area contributed by atoms with E-state index < -0.39 is 0 Å². The minimum absolute atomic E-state index is 0.0298. The maximum Gasteiger partial charge on any atom is 0.320 e. The summed E-state index contributed by atoms with van der Waals surface area (Å²) < 4.78 is 5.43. The molecule has 1 N–H and O–H groups in total. The lowest BCUT2D eigenvalue weighted by Gasteiger charge is -2.30. The van der Waals surface area contributed by atoms with Gasteiger partial charge in [0.1, 0.15) is 5.75 Å². The molecule has 1 heterocycles. The number of likely N-dealkylation sites (tertiary alicyclic amines) is 1. The average Bonchev–Trinajstić information content (AvgIpc) is 2.40. The van der Waals surface area contributed by atoms with Crippen LogP contribution in [0.1, 0.15) is 19.8 Å². The van der Waals surface area contributed by atoms with Crippen LogP contribution in [-0.2, 0) is 0 Å². The van der Waals surface area contributed by atoms with Gasteiger partial charge in [0, 0.05) is 13.1 Å². The van der Waals surface area contributed by atoms with Gasteiger partial charge in [0.25, 0.3) is 0 Å². The zero-order valence-corrected chi connectivity index (χ0v) is 10.8. The molecule has 0 saturated carbocycles. The number of amides is 2. The molecule has 1 aliphatic heterocycles. The van der Waals surface area contributed by atoms with Gasteiger partial charge in [-0.3, -0.25) is 0 Å². The summed E-state index contributed by atoms with van der Waals surface area (Å²) in [5, 5.41) is 2.78. The van der Waals surface area contributed by atoms with Crippen LogP contribution in [0.5, 0.6) is 5.75 Å². The summed E-state index contributed by atoms with van der Waals surface area (Å²) in [7, 11) is 0. The van der Waals surface area contributed by atoms with Crippen LogP contribution >= 0.6 is 0 Å². The predicted molar refractivity (Wildman–Crippen MR) is 70.4 cm³/mol. The number of hydrogen-bond donors (Lipinski definition) is 1. The number of urea groups is 1. The zero-order chi connectivity index (χ0) is 12.8. The molecule has 1 aromatic rings. The first-order valence-corrected chi connectivity index (χ1v) is 6.46. The standard InChI is InChI=1S/C14H20N2O2/c1-12-7-9-16(10-8-12)14(17)15-11-18-13-5-3-2-4-6-13/h2-6,12H,7-11H2,1H3,(H,15,17). The van der Waals surface area contributed by atoms with Crippen LogP contribution < -0.4 is 10.1 Å². The molecule has 0 atom stereocenters. The van der Waals surface area contributed by atoms with Crippen LogP contribution in [-0.4, -0.2) is 30.8 Å². The van der Waals surface area contributed by atoms with Crippen LogP contribution in [0.3, 0.4) is 0 Å². The molecule has 1 saturated heterocycles. The Morgan fingerprint density at radius 2 is 2.00 bits per heavy atom. The Morgan fingerprint density at radius 3 is 2.67 bits per heavy atom. The number of rotatable bonds is 3. The van der Waals surface area contributed by atoms with E-state index in [1.165, 1.54) is 0 Å². The molecule has 1 aromatic carbocycles. The Kier molecular flexibility index (Phi) is 4.45. The van der Waals surface area contributed by atoms with Gasteiger partial charge >= 0.3 is 6.03 Å². The van der Waals surface area contributed by atoms with Crippen molar-refractivity contribution in [3.05, 3.63) is 30.3 Å². The van der Waals surface area contributed by atoms with Gasteiger partial charge in [-0.1, -0.05) is 25.1 Å². The van der Waals surface area contributed by atoms with Crippen molar-refractivity contribution in [1.82, 2.24) is 10.2 Å². The third kappa shape index (κ3) is 3.65. The number of carbonyl (C=O) groups is 1. The number of benzene rings is 1. The van der Waals surface area contributed by atoms with Crippen LogP contribution in [0, 0.1) is 5.92 Å². The molecule has 18 heavy (non-hydrogen) atoms. The number of ether oxygens (including phenoxy) is 1. The summed E-state index contributed by atoms with van der Waals surface area (Å²) >= 11 is 0. The summed E-state index contributed by atoms with van der Waals surface area (Å²) in [6.45, 7) is 4.14. The van der Waals surface area contributed by atoms with Gasteiger partial charge in [-0.2, -0.15) is 0 Å². The number of para-hydroxylation sites is 1. The Hall–Kier alpha value is -1.71. The van der Waals surface area contributed by atoms with Crippen molar-refractivity contribution in [2.45, 2.75) is 19.8 Å². The number of nitrogens with one attached hydrogen (secondary N) is 1. The Bertz CT molecular complexity index is 373. The smallest absolute Gasteiger partial charge is 0.320 e. The SMILES string of the molecule is CC1CCN(C(=O)NCOc2ccccc2)CC1. The first-order valence-electron chi connectivity index (χ1n) is 6.46. The number of piperidine rings is 1. The van der Waals surface area contributed by atoms with Gasteiger partial charge in [-0.05, 0) is 30.9 Å². The van der Waals surface area contributed by atoms with Gasteiger partial charge < -0.3 is 15.0 Å². The fraction of sp³-hybridized carbons (Fsp3) is 0.500. The lowest BCUT2D eigenvalue weighted by atomic mass is 10.00. The van der Waals surface area contributed by atoms with Gasteiger partial charge in [0.15, 0.2) is 6.73 Å². The minimum Gasteiger partial charge on any atom is -0.473 e. The van der Waals surface area contributed by atoms with Crippen molar-refractivity contribution in [1.29, 1.82) is 0 Å². The summed E-state index contributed by atoms with van der Waals surface area (Å²) in [5.74, 6) is 1.50. The quantitative estimate of drug-likeness (QED) is 0.835. The fourth-order valence-corrected chi connectivity index (χ4v) is 2.02. The predicted octanol–water partition coefficient (Wildman–Crippen LogP) is 2.46. The Balaban J connectivity index is 1.69. The average molecular weight is 248 g/mol. The molecule has 2 rings (SSSR count). The lowest BCUT2D eigenvalue weighted by molar-refractivity contribution is 0.164. The highest BCUT2D eigenvalue weighted by Gasteiger charge is 2.19. The van der Waals surface area contributed by atoms with Gasteiger partial charge in [-0.15, -0.1) is 0 Å². The minimum atomic E-state index is -0.0298. The summed E-state index contributed by atoms with van der Waals surface area (Å²) in [5.41, 5.74) is 0.